The van der Waals surface area contributed by atoms with Crippen LogP contribution in [0.1, 0.15) is 6.42 Å². The lowest BCUT2D eigenvalue weighted by atomic mass is 9.85. The monoisotopic (exact) mass is 166 g/mol. The number of hydrogen-bond acceptors (Lipinski definition) is 4. The lowest BCUT2D eigenvalue weighted by Crippen LogP contribution is -2.12. The second-order valence-electron chi connectivity index (χ2n) is 2.25. The van der Waals surface area contributed by atoms with Gasteiger partial charge in [-0.15, -0.1) is 0 Å². The molecular weight excluding hydrogens is 155 g/mol. The van der Waals surface area contributed by atoms with Crippen LogP contribution in [0.3, 0.4) is 0 Å². The standard InChI is InChI=1S/C4H11BO4S/c1-10(8,9)4-2-3-5(6)7/h6-7H,2-4H2,1H3. The van der Waals surface area contributed by atoms with E-state index in [2.05, 4.69) is 0 Å². The molecule has 0 aromatic rings. The highest BCUT2D eigenvalue weighted by Crippen LogP contribution is 1.95. The molecule has 10 heavy (non-hydrogen) atoms. The SMILES string of the molecule is CS(=O)(=O)CCCB(O)O. The van der Waals surface area contributed by atoms with E-state index >= 15 is 0 Å². The summed E-state index contributed by atoms with van der Waals surface area (Å²) in [6.45, 7) is 0. The maximum atomic E-state index is 10.4. The summed E-state index contributed by atoms with van der Waals surface area (Å²) in [4.78, 5) is 0. The third-order valence-corrected chi connectivity index (χ3v) is 2.01. The van der Waals surface area contributed by atoms with Crippen molar-refractivity contribution in [1.82, 2.24) is 0 Å². The molecule has 6 heteroatoms. The van der Waals surface area contributed by atoms with E-state index in [0.29, 0.717) is 6.42 Å². The minimum Gasteiger partial charge on any atom is -0.427 e. The van der Waals surface area contributed by atoms with Gasteiger partial charge in [-0.1, -0.05) is 0 Å². The molecule has 0 saturated heterocycles. The van der Waals surface area contributed by atoms with Crippen LogP contribution in [0, 0.1) is 0 Å². The Hall–Kier alpha value is -0.0651. The zero-order valence-electron chi connectivity index (χ0n) is 5.82. The summed E-state index contributed by atoms with van der Waals surface area (Å²) < 4.78 is 20.9. The molecule has 4 nitrogen and oxygen atoms in total. The lowest BCUT2D eigenvalue weighted by Gasteiger charge is -1.96. The van der Waals surface area contributed by atoms with Gasteiger partial charge >= 0.3 is 7.12 Å². The first-order valence-corrected chi connectivity index (χ1v) is 5.02. The van der Waals surface area contributed by atoms with Gasteiger partial charge in [0.2, 0.25) is 0 Å². The second kappa shape index (κ2) is 3.95. The first kappa shape index (κ1) is 9.93. The van der Waals surface area contributed by atoms with Crippen molar-refractivity contribution in [2.45, 2.75) is 12.7 Å². The third-order valence-electron chi connectivity index (χ3n) is 0.977. The molecule has 0 aliphatic heterocycles. The van der Waals surface area contributed by atoms with Crippen LogP contribution in [0.4, 0.5) is 0 Å². The maximum absolute atomic E-state index is 10.4. The molecule has 0 heterocycles. The van der Waals surface area contributed by atoms with Crippen LogP contribution in [0.25, 0.3) is 0 Å². The molecule has 0 bridgehead atoms. The number of rotatable bonds is 4. The molecule has 0 spiro atoms. The Morgan fingerprint density at radius 1 is 1.40 bits per heavy atom. The van der Waals surface area contributed by atoms with E-state index in [1.807, 2.05) is 0 Å². The highest BCUT2D eigenvalue weighted by atomic mass is 32.2. The average Bonchev–Trinajstić information content (AvgIpc) is 1.59. The summed E-state index contributed by atoms with van der Waals surface area (Å²) in [5, 5.41) is 16.6. The smallest absolute Gasteiger partial charge is 0.427 e. The van der Waals surface area contributed by atoms with Crippen molar-refractivity contribution in [3.05, 3.63) is 0 Å². The summed E-state index contributed by atoms with van der Waals surface area (Å²) in [5.74, 6) is 0.0185. The molecule has 0 aromatic carbocycles. The van der Waals surface area contributed by atoms with Gasteiger partial charge in [-0.25, -0.2) is 8.42 Å². The van der Waals surface area contributed by atoms with Crippen LogP contribution >= 0.6 is 0 Å². The third kappa shape index (κ3) is 7.93. The molecule has 0 atom stereocenters. The van der Waals surface area contributed by atoms with Crippen molar-refractivity contribution in [3.63, 3.8) is 0 Å². The first-order chi connectivity index (χ1) is 4.42. The lowest BCUT2D eigenvalue weighted by molar-refractivity contribution is 0.404. The Kier molecular flexibility index (Phi) is 3.92. The fourth-order valence-electron chi connectivity index (χ4n) is 0.528. The van der Waals surface area contributed by atoms with Gasteiger partial charge in [0.15, 0.2) is 0 Å². The van der Waals surface area contributed by atoms with E-state index in [-0.39, 0.29) is 12.1 Å². The predicted molar refractivity (Wildman–Crippen MR) is 39.3 cm³/mol. The van der Waals surface area contributed by atoms with Crippen LogP contribution in [-0.4, -0.2) is 37.6 Å². The highest BCUT2D eigenvalue weighted by Gasteiger charge is 2.08. The summed E-state index contributed by atoms with van der Waals surface area (Å²) in [6, 6.07) is 0. The predicted octanol–water partition coefficient (Wildman–Crippen LogP) is -1.11. The van der Waals surface area contributed by atoms with Gasteiger partial charge in [0.25, 0.3) is 0 Å². The molecule has 60 valence electrons. The van der Waals surface area contributed by atoms with E-state index < -0.39 is 17.0 Å². The van der Waals surface area contributed by atoms with Crippen molar-refractivity contribution in [2.24, 2.45) is 0 Å². The Morgan fingerprint density at radius 3 is 2.20 bits per heavy atom. The largest absolute Gasteiger partial charge is 0.451 e. The Balaban J connectivity index is 3.39. The molecule has 2 N–H and O–H groups in total. The van der Waals surface area contributed by atoms with Crippen LogP contribution in [0.2, 0.25) is 6.32 Å². The Morgan fingerprint density at radius 2 is 1.90 bits per heavy atom. The average molecular weight is 166 g/mol. The molecule has 0 aliphatic carbocycles. The Labute approximate surface area is 60.9 Å². The second-order valence-corrected chi connectivity index (χ2v) is 4.51. The normalized spacial score (nSPS) is 11.5. The molecule has 0 saturated carbocycles. The van der Waals surface area contributed by atoms with E-state index in [0.717, 1.165) is 6.26 Å². The van der Waals surface area contributed by atoms with Gasteiger partial charge < -0.3 is 10.0 Å². The van der Waals surface area contributed by atoms with Crippen molar-refractivity contribution in [2.75, 3.05) is 12.0 Å². The quantitative estimate of drug-likeness (QED) is 0.519. The first-order valence-electron chi connectivity index (χ1n) is 2.95. The van der Waals surface area contributed by atoms with Crippen molar-refractivity contribution < 1.29 is 18.5 Å². The van der Waals surface area contributed by atoms with Crippen LogP contribution in [-0.2, 0) is 9.84 Å². The molecule has 0 radical (unpaired) electrons. The minimum absolute atomic E-state index is 0.0185. The summed E-state index contributed by atoms with van der Waals surface area (Å²) in [5.41, 5.74) is 0. The summed E-state index contributed by atoms with van der Waals surface area (Å²) in [6.07, 6.45) is 1.54. The van der Waals surface area contributed by atoms with Crippen molar-refractivity contribution in [1.29, 1.82) is 0 Å². The fraction of sp³-hybridized carbons (Fsp3) is 1.00. The maximum Gasteiger partial charge on any atom is 0.451 e. The van der Waals surface area contributed by atoms with E-state index in [1.165, 1.54) is 0 Å². The number of sulfone groups is 1. The Bertz CT molecular complexity index is 174. The zero-order chi connectivity index (χ0) is 8.20. The van der Waals surface area contributed by atoms with Gasteiger partial charge in [0, 0.05) is 12.0 Å². The summed E-state index contributed by atoms with van der Waals surface area (Å²) in [7, 11) is -4.33. The summed E-state index contributed by atoms with van der Waals surface area (Å²) >= 11 is 0. The van der Waals surface area contributed by atoms with Gasteiger partial charge in [-0.05, 0) is 12.7 Å². The van der Waals surface area contributed by atoms with Gasteiger partial charge in [-0.3, -0.25) is 0 Å². The molecule has 0 amide bonds. The molecule has 0 aliphatic rings. The van der Waals surface area contributed by atoms with E-state index in [1.54, 1.807) is 0 Å². The fourth-order valence-corrected chi connectivity index (χ4v) is 1.22. The zero-order valence-corrected chi connectivity index (χ0v) is 6.63. The van der Waals surface area contributed by atoms with Crippen LogP contribution < -0.4 is 0 Å². The molecule has 0 aromatic heterocycles. The molecule has 0 unspecified atom stereocenters. The number of hydrogen-bond donors (Lipinski definition) is 2. The van der Waals surface area contributed by atoms with Crippen LogP contribution in [0.5, 0.6) is 0 Å². The van der Waals surface area contributed by atoms with Gasteiger partial charge in [0.1, 0.15) is 9.84 Å². The van der Waals surface area contributed by atoms with Gasteiger partial charge in [-0.2, -0.15) is 0 Å². The molecular formula is C4H11BO4S. The highest BCUT2D eigenvalue weighted by molar-refractivity contribution is 7.90. The van der Waals surface area contributed by atoms with E-state index in [9.17, 15) is 8.42 Å². The van der Waals surface area contributed by atoms with E-state index in [4.69, 9.17) is 10.0 Å². The molecule has 0 rings (SSSR count). The van der Waals surface area contributed by atoms with Gasteiger partial charge in [0.05, 0.1) is 0 Å². The van der Waals surface area contributed by atoms with Crippen molar-refractivity contribution >= 4 is 17.0 Å². The molecule has 0 fully saturated rings. The van der Waals surface area contributed by atoms with Crippen molar-refractivity contribution in [3.8, 4) is 0 Å². The minimum atomic E-state index is -2.94. The van der Waals surface area contributed by atoms with Crippen LogP contribution in [0.15, 0.2) is 0 Å². The topological polar surface area (TPSA) is 74.6 Å².